The van der Waals surface area contributed by atoms with E-state index < -0.39 is 0 Å². The SMILES string of the molecule is N=C(N)CCCCCCCCCN=C(N)Nc1ccc(-c2ccc(C3=NCCCN3)cc2)cc1. The highest BCUT2D eigenvalue weighted by Crippen LogP contribution is 2.22. The van der Waals surface area contributed by atoms with E-state index in [1.165, 1.54) is 31.2 Å². The van der Waals surface area contributed by atoms with Crippen LogP contribution in [0.3, 0.4) is 0 Å². The normalized spacial score (nSPS) is 13.8. The number of nitrogens with zero attached hydrogens (tertiary/aromatic N) is 2. The van der Waals surface area contributed by atoms with Gasteiger partial charge in [0.05, 0.1) is 5.84 Å². The average Bonchev–Trinajstić information content (AvgIpc) is 2.86. The van der Waals surface area contributed by atoms with Crippen molar-refractivity contribution in [1.29, 1.82) is 5.41 Å². The van der Waals surface area contributed by atoms with E-state index in [1.54, 1.807) is 0 Å². The summed E-state index contributed by atoms with van der Waals surface area (Å²) in [4.78, 5) is 9.01. The summed E-state index contributed by atoms with van der Waals surface area (Å²) in [5.74, 6) is 1.75. The molecule has 0 atom stereocenters. The van der Waals surface area contributed by atoms with Crippen molar-refractivity contribution in [2.24, 2.45) is 21.5 Å². The second-order valence-electron chi connectivity index (χ2n) is 8.81. The molecule has 7 nitrogen and oxygen atoms in total. The number of aliphatic imine (C=N–C) groups is 2. The minimum Gasteiger partial charge on any atom is -0.388 e. The summed E-state index contributed by atoms with van der Waals surface area (Å²) < 4.78 is 0. The van der Waals surface area contributed by atoms with Crippen molar-refractivity contribution in [2.75, 3.05) is 25.0 Å². The van der Waals surface area contributed by atoms with Crippen molar-refractivity contribution in [3.05, 3.63) is 54.1 Å². The summed E-state index contributed by atoms with van der Waals surface area (Å²) in [6.45, 7) is 2.63. The predicted octanol–water partition coefficient (Wildman–Crippen LogP) is 4.88. The number of nitrogens with one attached hydrogen (secondary N) is 3. The summed E-state index contributed by atoms with van der Waals surface area (Å²) in [5.41, 5.74) is 15.8. The number of nitrogens with two attached hydrogens (primary N) is 2. The summed E-state index contributed by atoms with van der Waals surface area (Å²) in [6.07, 6.45) is 9.90. The molecular weight excluding hydrogens is 422 g/mol. The number of unbranched alkanes of at least 4 members (excludes halogenated alkanes) is 6. The van der Waals surface area contributed by atoms with Crippen molar-refractivity contribution in [1.82, 2.24) is 5.32 Å². The van der Waals surface area contributed by atoms with Gasteiger partial charge in [-0.2, -0.15) is 0 Å². The lowest BCUT2D eigenvalue weighted by molar-refractivity contribution is 0.586. The Balaban J connectivity index is 1.35. The monoisotopic (exact) mass is 461 g/mol. The first-order valence-electron chi connectivity index (χ1n) is 12.5. The molecule has 7 N–H and O–H groups in total. The van der Waals surface area contributed by atoms with Crippen LogP contribution in [0.5, 0.6) is 0 Å². The van der Waals surface area contributed by atoms with E-state index in [-0.39, 0.29) is 0 Å². The molecule has 3 rings (SSSR count). The Bertz CT molecular complexity index is 946. The first-order chi connectivity index (χ1) is 16.6. The van der Waals surface area contributed by atoms with Crippen LogP contribution in [0.25, 0.3) is 11.1 Å². The van der Waals surface area contributed by atoms with Crippen LogP contribution in [0.1, 0.15) is 63.4 Å². The molecule has 0 spiro atoms. The Morgan fingerprint density at radius 2 is 1.44 bits per heavy atom. The molecule has 1 heterocycles. The molecule has 0 aliphatic carbocycles. The number of hydrogen-bond donors (Lipinski definition) is 5. The van der Waals surface area contributed by atoms with Gasteiger partial charge in [-0.15, -0.1) is 0 Å². The molecule has 1 aliphatic rings. The highest BCUT2D eigenvalue weighted by atomic mass is 15.1. The Labute approximate surface area is 203 Å². The van der Waals surface area contributed by atoms with Crippen molar-refractivity contribution in [2.45, 2.75) is 57.8 Å². The van der Waals surface area contributed by atoms with Crippen LogP contribution < -0.4 is 22.1 Å². The van der Waals surface area contributed by atoms with Crippen LogP contribution in [0.15, 0.2) is 58.5 Å². The lowest BCUT2D eigenvalue weighted by Gasteiger charge is -2.15. The third kappa shape index (κ3) is 8.89. The third-order valence-corrected chi connectivity index (χ3v) is 5.93. The third-order valence-electron chi connectivity index (χ3n) is 5.93. The molecule has 7 heteroatoms. The smallest absolute Gasteiger partial charge is 0.193 e. The number of rotatable bonds is 13. The molecule has 182 valence electrons. The molecule has 1 aliphatic heterocycles. The van der Waals surface area contributed by atoms with Crippen molar-refractivity contribution < 1.29 is 0 Å². The van der Waals surface area contributed by atoms with E-state index in [4.69, 9.17) is 16.9 Å². The van der Waals surface area contributed by atoms with Crippen LogP contribution in [-0.4, -0.2) is 37.3 Å². The summed E-state index contributed by atoms with van der Waals surface area (Å²) in [7, 11) is 0. The van der Waals surface area contributed by atoms with Gasteiger partial charge in [-0.3, -0.25) is 15.4 Å². The summed E-state index contributed by atoms with van der Waals surface area (Å²) >= 11 is 0. The van der Waals surface area contributed by atoms with Crippen LogP contribution in [0.2, 0.25) is 0 Å². The Morgan fingerprint density at radius 1 is 0.853 bits per heavy atom. The van der Waals surface area contributed by atoms with E-state index in [1.807, 2.05) is 12.1 Å². The highest BCUT2D eigenvalue weighted by Gasteiger charge is 2.07. The van der Waals surface area contributed by atoms with Crippen molar-refractivity contribution in [3.8, 4) is 11.1 Å². The topological polar surface area (TPSA) is 125 Å². The Morgan fingerprint density at radius 3 is 2.06 bits per heavy atom. The minimum absolute atomic E-state index is 0.300. The molecule has 0 saturated carbocycles. The van der Waals surface area contributed by atoms with Gasteiger partial charge in [0, 0.05) is 37.3 Å². The maximum atomic E-state index is 7.22. The number of hydrogen-bond acceptors (Lipinski definition) is 4. The van der Waals surface area contributed by atoms with Gasteiger partial charge in [-0.25, -0.2) is 0 Å². The van der Waals surface area contributed by atoms with Crippen molar-refractivity contribution >= 4 is 23.3 Å². The van der Waals surface area contributed by atoms with E-state index in [9.17, 15) is 0 Å². The maximum absolute atomic E-state index is 7.22. The lowest BCUT2D eigenvalue weighted by Crippen LogP contribution is -2.30. The fraction of sp³-hybridized carbons (Fsp3) is 0.444. The predicted molar refractivity (Wildman–Crippen MR) is 145 cm³/mol. The largest absolute Gasteiger partial charge is 0.388 e. The van der Waals surface area contributed by atoms with Crippen LogP contribution in [-0.2, 0) is 0 Å². The maximum Gasteiger partial charge on any atom is 0.193 e. The number of anilines is 1. The number of amidine groups is 2. The molecule has 2 aromatic carbocycles. The van der Waals surface area contributed by atoms with E-state index >= 15 is 0 Å². The molecule has 0 radical (unpaired) electrons. The van der Waals surface area contributed by atoms with Gasteiger partial charge in [0.2, 0.25) is 0 Å². The van der Waals surface area contributed by atoms with Gasteiger partial charge in [0.1, 0.15) is 5.84 Å². The van der Waals surface area contributed by atoms with E-state index in [0.717, 1.165) is 74.4 Å². The minimum atomic E-state index is 0.300. The molecule has 34 heavy (non-hydrogen) atoms. The highest BCUT2D eigenvalue weighted by molar-refractivity contribution is 5.99. The van der Waals surface area contributed by atoms with Crippen LogP contribution >= 0.6 is 0 Å². The quantitative estimate of drug-likeness (QED) is 0.166. The zero-order chi connectivity index (χ0) is 24.0. The van der Waals surface area contributed by atoms with Crippen molar-refractivity contribution in [3.63, 3.8) is 0 Å². The fourth-order valence-electron chi connectivity index (χ4n) is 3.99. The zero-order valence-electron chi connectivity index (χ0n) is 20.2. The summed E-state index contributed by atoms with van der Waals surface area (Å²) in [6, 6.07) is 16.8. The number of guanidine groups is 1. The van der Waals surface area contributed by atoms with E-state index in [0.29, 0.717) is 11.8 Å². The average molecular weight is 462 g/mol. The molecule has 0 unspecified atom stereocenters. The van der Waals surface area contributed by atoms with Gasteiger partial charge in [0.15, 0.2) is 5.96 Å². The molecule has 0 saturated heterocycles. The van der Waals surface area contributed by atoms with Gasteiger partial charge in [-0.05, 0) is 42.5 Å². The van der Waals surface area contributed by atoms with Gasteiger partial charge in [0.25, 0.3) is 0 Å². The standard InChI is InChI=1S/C27H39N7/c28-25(29)9-6-4-2-1-3-5-7-18-33-27(30)34-24-16-14-22(15-17-24)21-10-12-23(13-11-21)26-31-19-8-20-32-26/h10-17H,1-9,18-20H2,(H3,28,29)(H,31,32)(H3,30,33,34). The first-order valence-corrected chi connectivity index (χ1v) is 12.5. The fourth-order valence-corrected chi connectivity index (χ4v) is 3.99. The lowest BCUT2D eigenvalue weighted by atomic mass is 10.0. The molecule has 0 fully saturated rings. The molecular formula is C27H39N7. The van der Waals surface area contributed by atoms with Gasteiger partial charge < -0.3 is 22.1 Å². The molecule has 2 aromatic rings. The first kappa shape index (κ1) is 25.3. The Hall–Kier alpha value is -3.35. The van der Waals surface area contributed by atoms with Crippen LogP contribution in [0, 0.1) is 5.41 Å². The second-order valence-corrected chi connectivity index (χ2v) is 8.81. The van der Waals surface area contributed by atoms with Gasteiger partial charge >= 0.3 is 0 Å². The number of benzene rings is 2. The van der Waals surface area contributed by atoms with E-state index in [2.05, 4.69) is 57.0 Å². The summed E-state index contributed by atoms with van der Waals surface area (Å²) in [5, 5.41) is 13.8. The molecule has 0 bridgehead atoms. The zero-order valence-corrected chi connectivity index (χ0v) is 20.2. The van der Waals surface area contributed by atoms with Crippen LogP contribution in [0.4, 0.5) is 5.69 Å². The molecule has 0 aromatic heterocycles. The second kappa shape index (κ2) is 14.0. The van der Waals surface area contributed by atoms with Gasteiger partial charge in [-0.1, -0.05) is 68.5 Å². The molecule has 0 amide bonds. The Kier molecular flexibility index (Phi) is 10.4.